The number of hydrogen-bond donors (Lipinski definition) is 1. The smallest absolute Gasteiger partial charge is 0.257 e. The Labute approximate surface area is 123 Å². The Morgan fingerprint density at radius 3 is 3.05 bits per heavy atom. The van der Waals surface area contributed by atoms with Gasteiger partial charge in [0.25, 0.3) is 11.6 Å². The average Bonchev–Trinajstić information content (AvgIpc) is 3.10. The quantitative estimate of drug-likeness (QED) is 0.927. The van der Waals surface area contributed by atoms with Crippen LogP contribution in [0.1, 0.15) is 36.3 Å². The van der Waals surface area contributed by atoms with E-state index in [9.17, 15) is 4.79 Å². The molecule has 1 atom stereocenters. The van der Waals surface area contributed by atoms with Gasteiger partial charge in [-0.25, -0.2) is 4.98 Å². The van der Waals surface area contributed by atoms with Crippen LogP contribution in [0.4, 0.5) is 0 Å². The van der Waals surface area contributed by atoms with Crippen molar-refractivity contribution in [1.29, 1.82) is 0 Å². The molecule has 6 heteroatoms. The van der Waals surface area contributed by atoms with Crippen LogP contribution in [0.25, 0.3) is 11.1 Å². The highest BCUT2D eigenvalue weighted by atomic mass is 16.5. The number of aromatic nitrogens is 2. The van der Waals surface area contributed by atoms with Crippen LogP contribution >= 0.6 is 0 Å². The number of carbonyl (C=O) groups excluding carboxylic acids is 1. The highest BCUT2D eigenvalue weighted by Gasteiger charge is 2.35. The number of amides is 1. The molecule has 2 N–H and O–H groups in total. The first kappa shape index (κ1) is 14.0. The first-order chi connectivity index (χ1) is 10.1. The first-order valence-corrected chi connectivity index (χ1v) is 7.30. The van der Waals surface area contributed by atoms with E-state index in [0.717, 1.165) is 30.5 Å². The Balaban J connectivity index is 1.88. The topological polar surface area (TPSA) is 85.2 Å². The van der Waals surface area contributed by atoms with Gasteiger partial charge in [-0.15, -0.1) is 0 Å². The third kappa shape index (κ3) is 2.40. The molecule has 1 fully saturated rings. The van der Waals surface area contributed by atoms with Gasteiger partial charge in [0.05, 0.1) is 16.6 Å². The fourth-order valence-electron chi connectivity index (χ4n) is 2.80. The predicted octanol–water partition coefficient (Wildman–Crippen LogP) is 1.60. The minimum atomic E-state index is 0.00447. The summed E-state index contributed by atoms with van der Waals surface area (Å²) in [6.07, 6.45) is 3.26. The number of nitrogens with two attached hydrogens (primary N) is 1. The number of nitrogens with zero attached hydrogens (tertiary/aromatic N) is 3. The second-order valence-electron chi connectivity index (χ2n) is 6.05. The molecule has 0 spiro atoms. The predicted molar refractivity (Wildman–Crippen MR) is 78.9 cm³/mol. The van der Waals surface area contributed by atoms with Gasteiger partial charge in [-0.1, -0.05) is 19.0 Å². The number of carbonyl (C=O) groups is 1. The molecule has 1 aliphatic rings. The van der Waals surface area contributed by atoms with Crippen LogP contribution in [-0.4, -0.2) is 40.6 Å². The van der Waals surface area contributed by atoms with Gasteiger partial charge in [-0.3, -0.25) is 4.79 Å². The minimum Gasteiger partial charge on any atom is -0.338 e. The van der Waals surface area contributed by atoms with E-state index in [1.54, 1.807) is 6.20 Å². The van der Waals surface area contributed by atoms with E-state index in [4.69, 9.17) is 10.3 Å². The fourth-order valence-corrected chi connectivity index (χ4v) is 2.80. The SMILES string of the molecule is CCc1noc2ncc(C(=O)N3CCC(C)(CN)C3)cc12. The van der Waals surface area contributed by atoms with Crippen LogP contribution < -0.4 is 5.73 Å². The van der Waals surface area contributed by atoms with E-state index in [1.807, 2.05) is 17.9 Å². The fraction of sp³-hybridized carbons (Fsp3) is 0.533. The van der Waals surface area contributed by atoms with Crippen molar-refractivity contribution in [2.45, 2.75) is 26.7 Å². The molecule has 1 aliphatic heterocycles. The number of rotatable bonds is 3. The van der Waals surface area contributed by atoms with Gasteiger partial charge >= 0.3 is 0 Å². The molecule has 6 nitrogen and oxygen atoms in total. The summed E-state index contributed by atoms with van der Waals surface area (Å²) >= 11 is 0. The van der Waals surface area contributed by atoms with Gasteiger partial charge < -0.3 is 15.2 Å². The Hall–Kier alpha value is -1.95. The lowest BCUT2D eigenvalue weighted by Crippen LogP contribution is -2.34. The van der Waals surface area contributed by atoms with Crippen molar-refractivity contribution in [2.24, 2.45) is 11.1 Å². The Kier molecular flexibility index (Phi) is 3.41. The number of pyridine rings is 1. The third-order valence-electron chi connectivity index (χ3n) is 4.32. The lowest BCUT2D eigenvalue weighted by molar-refractivity contribution is 0.0776. The van der Waals surface area contributed by atoms with Gasteiger partial charge in [0.1, 0.15) is 0 Å². The van der Waals surface area contributed by atoms with Gasteiger partial charge in [0, 0.05) is 19.3 Å². The van der Waals surface area contributed by atoms with E-state index >= 15 is 0 Å². The maximum atomic E-state index is 12.6. The van der Waals surface area contributed by atoms with Crippen molar-refractivity contribution in [3.05, 3.63) is 23.5 Å². The molecule has 0 saturated carbocycles. The second kappa shape index (κ2) is 5.11. The molecular formula is C15H20N4O2. The van der Waals surface area contributed by atoms with Gasteiger partial charge in [-0.2, -0.15) is 0 Å². The normalized spacial score (nSPS) is 22.1. The van der Waals surface area contributed by atoms with E-state index in [0.29, 0.717) is 24.4 Å². The third-order valence-corrected chi connectivity index (χ3v) is 4.32. The molecule has 1 amide bonds. The molecule has 3 rings (SSSR count). The summed E-state index contributed by atoms with van der Waals surface area (Å²) in [7, 11) is 0. The molecule has 1 unspecified atom stereocenters. The van der Waals surface area contributed by atoms with Crippen molar-refractivity contribution < 1.29 is 9.32 Å². The van der Waals surface area contributed by atoms with E-state index in [1.165, 1.54) is 0 Å². The molecule has 3 heterocycles. The lowest BCUT2D eigenvalue weighted by Gasteiger charge is -2.22. The lowest BCUT2D eigenvalue weighted by atomic mass is 9.90. The van der Waals surface area contributed by atoms with Crippen molar-refractivity contribution in [3.63, 3.8) is 0 Å². The summed E-state index contributed by atoms with van der Waals surface area (Å²) in [6.45, 7) is 6.16. The van der Waals surface area contributed by atoms with Crippen LogP contribution in [0.15, 0.2) is 16.8 Å². The molecule has 2 aromatic rings. The average molecular weight is 288 g/mol. The first-order valence-electron chi connectivity index (χ1n) is 7.30. The summed E-state index contributed by atoms with van der Waals surface area (Å²) in [5.74, 6) is 0.00447. The van der Waals surface area contributed by atoms with Crippen LogP contribution in [0.2, 0.25) is 0 Å². The summed E-state index contributed by atoms with van der Waals surface area (Å²) in [5.41, 5.74) is 7.72. The number of likely N-dealkylation sites (tertiary alicyclic amines) is 1. The van der Waals surface area contributed by atoms with Gasteiger partial charge in [-0.05, 0) is 30.9 Å². The van der Waals surface area contributed by atoms with E-state index < -0.39 is 0 Å². The van der Waals surface area contributed by atoms with Crippen LogP contribution in [-0.2, 0) is 6.42 Å². The molecule has 0 aromatic carbocycles. The molecule has 2 aromatic heterocycles. The Morgan fingerprint density at radius 1 is 1.57 bits per heavy atom. The zero-order valence-corrected chi connectivity index (χ0v) is 12.4. The highest BCUT2D eigenvalue weighted by Crippen LogP contribution is 2.30. The van der Waals surface area contributed by atoms with Gasteiger partial charge in [0.15, 0.2) is 0 Å². The molecule has 21 heavy (non-hydrogen) atoms. The number of hydrogen-bond acceptors (Lipinski definition) is 5. The summed E-state index contributed by atoms with van der Waals surface area (Å²) in [5, 5.41) is 4.79. The molecular weight excluding hydrogens is 268 g/mol. The van der Waals surface area contributed by atoms with Crippen LogP contribution in [0.3, 0.4) is 0 Å². The van der Waals surface area contributed by atoms with Crippen LogP contribution in [0.5, 0.6) is 0 Å². The Morgan fingerprint density at radius 2 is 2.38 bits per heavy atom. The molecule has 112 valence electrons. The zero-order chi connectivity index (χ0) is 15.0. The Bertz CT molecular complexity index is 681. The molecule has 0 radical (unpaired) electrons. The van der Waals surface area contributed by atoms with Crippen LogP contribution in [0, 0.1) is 5.41 Å². The molecule has 0 bridgehead atoms. The van der Waals surface area contributed by atoms with E-state index in [-0.39, 0.29) is 11.3 Å². The molecule has 1 saturated heterocycles. The molecule has 0 aliphatic carbocycles. The maximum absolute atomic E-state index is 12.6. The van der Waals surface area contributed by atoms with Crippen molar-refractivity contribution in [2.75, 3.05) is 19.6 Å². The van der Waals surface area contributed by atoms with E-state index in [2.05, 4.69) is 17.1 Å². The summed E-state index contributed by atoms with van der Waals surface area (Å²) in [6, 6.07) is 1.83. The standard InChI is InChI=1S/C15H20N4O2/c1-3-12-11-6-10(7-17-13(11)21-18-12)14(20)19-5-4-15(2,8-16)9-19/h6-7H,3-5,8-9,16H2,1-2H3. The van der Waals surface area contributed by atoms with Gasteiger partial charge in [0.2, 0.25) is 0 Å². The monoisotopic (exact) mass is 288 g/mol. The highest BCUT2D eigenvalue weighted by molar-refractivity contribution is 5.97. The summed E-state index contributed by atoms with van der Waals surface area (Å²) < 4.78 is 5.15. The second-order valence-corrected chi connectivity index (χ2v) is 6.05. The number of aryl methyl sites for hydroxylation is 1. The number of fused-ring (bicyclic) bond motifs is 1. The van der Waals surface area contributed by atoms with Crippen molar-refractivity contribution in [3.8, 4) is 0 Å². The van der Waals surface area contributed by atoms with Crippen molar-refractivity contribution in [1.82, 2.24) is 15.0 Å². The maximum Gasteiger partial charge on any atom is 0.257 e. The minimum absolute atomic E-state index is 0.00447. The zero-order valence-electron chi connectivity index (χ0n) is 12.4. The van der Waals surface area contributed by atoms with Crippen molar-refractivity contribution >= 4 is 17.0 Å². The largest absolute Gasteiger partial charge is 0.338 e. The summed E-state index contributed by atoms with van der Waals surface area (Å²) in [4.78, 5) is 18.7.